The van der Waals surface area contributed by atoms with E-state index in [9.17, 15) is 9.18 Å². The molecule has 0 radical (unpaired) electrons. The van der Waals surface area contributed by atoms with Crippen LogP contribution < -0.4 is 4.90 Å². The van der Waals surface area contributed by atoms with Gasteiger partial charge in [-0.1, -0.05) is 18.2 Å². The SMILES string of the molecule is CC(SCc1coc(-c2ccc(F)cc2)n1)C(=O)N(C)c1ccccc1. The van der Waals surface area contributed by atoms with Gasteiger partial charge in [-0.3, -0.25) is 4.79 Å². The molecule has 0 spiro atoms. The second-order valence-electron chi connectivity index (χ2n) is 5.84. The Bertz CT molecular complexity index is 865. The summed E-state index contributed by atoms with van der Waals surface area (Å²) >= 11 is 1.50. The maximum absolute atomic E-state index is 13.0. The van der Waals surface area contributed by atoms with Gasteiger partial charge in [0.15, 0.2) is 0 Å². The number of aromatic nitrogens is 1. The Hall–Kier alpha value is -2.60. The van der Waals surface area contributed by atoms with Crippen molar-refractivity contribution in [3.63, 3.8) is 0 Å². The number of carbonyl (C=O) groups is 1. The minimum Gasteiger partial charge on any atom is -0.444 e. The first-order valence-corrected chi connectivity index (χ1v) is 9.24. The maximum atomic E-state index is 13.0. The number of hydrogen-bond donors (Lipinski definition) is 0. The molecule has 0 aliphatic carbocycles. The molecule has 0 N–H and O–H groups in total. The van der Waals surface area contributed by atoms with E-state index in [0.717, 1.165) is 16.9 Å². The van der Waals surface area contributed by atoms with Gasteiger partial charge in [-0.25, -0.2) is 9.37 Å². The predicted octanol–water partition coefficient (Wildman–Crippen LogP) is 4.77. The van der Waals surface area contributed by atoms with Gasteiger partial charge >= 0.3 is 0 Å². The second-order valence-corrected chi connectivity index (χ2v) is 7.17. The van der Waals surface area contributed by atoms with E-state index in [2.05, 4.69) is 4.98 Å². The number of amides is 1. The topological polar surface area (TPSA) is 46.3 Å². The first-order chi connectivity index (χ1) is 12.5. The predicted molar refractivity (Wildman–Crippen MR) is 103 cm³/mol. The standard InChI is InChI=1S/C20H19FN2O2S/c1-14(20(24)23(2)18-6-4-3-5-7-18)26-13-17-12-25-19(22-17)15-8-10-16(21)11-9-15/h3-12,14H,13H2,1-2H3. The summed E-state index contributed by atoms with van der Waals surface area (Å²) in [5, 5.41) is -0.217. The third-order valence-corrected chi connectivity index (χ3v) is 5.11. The van der Waals surface area contributed by atoms with Gasteiger partial charge in [0.2, 0.25) is 11.8 Å². The molecule has 1 atom stereocenters. The van der Waals surface area contributed by atoms with Crippen LogP contribution in [-0.2, 0) is 10.5 Å². The van der Waals surface area contributed by atoms with Gasteiger partial charge in [0.25, 0.3) is 0 Å². The molecule has 1 unspecified atom stereocenters. The molecule has 0 fully saturated rings. The van der Waals surface area contributed by atoms with Crippen LogP contribution in [0.25, 0.3) is 11.5 Å². The number of thioether (sulfide) groups is 1. The molecule has 2 aromatic carbocycles. The molecule has 1 heterocycles. The Labute approximate surface area is 156 Å². The van der Waals surface area contributed by atoms with Crippen LogP contribution in [0, 0.1) is 5.82 Å². The lowest BCUT2D eigenvalue weighted by molar-refractivity contribution is -0.117. The van der Waals surface area contributed by atoms with Crippen LogP contribution in [-0.4, -0.2) is 23.2 Å². The van der Waals surface area contributed by atoms with Crippen LogP contribution in [0.15, 0.2) is 65.3 Å². The van der Waals surface area contributed by atoms with Gasteiger partial charge in [0.05, 0.1) is 10.9 Å². The highest BCUT2D eigenvalue weighted by atomic mass is 32.2. The molecule has 4 nitrogen and oxygen atoms in total. The molecule has 26 heavy (non-hydrogen) atoms. The Kier molecular flexibility index (Phi) is 5.73. The first kappa shape index (κ1) is 18.2. The van der Waals surface area contributed by atoms with Gasteiger partial charge in [0, 0.05) is 24.1 Å². The van der Waals surface area contributed by atoms with Crippen molar-refractivity contribution in [2.24, 2.45) is 0 Å². The highest BCUT2D eigenvalue weighted by molar-refractivity contribution is 7.99. The summed E-state index contributed by atoms with van der Waals surface area (Å²) in [7, 11) is 1.78. The van der Waals surface area contributed by atoms with Crippen molar-refractivity contribution in [1.29, 1.82) is 0 Å². The van der Waals surface area contributed by atoms with Crippen LogP contribution in [0.4, 0.5) is 10.1 Å². The first-order valence-electron chi connectivity index (χ1n) is 8.19. The quantitative estimate of drug-likeness (QED) is 0.627. The zero-order chi connectivity index (χ0) is 18.5. The highest BCUT2D eigenvalue weighted by Crippen LogP contribution is 2.24. The van der Waals surface area contributed by atoms with Crippen LogP contribution in [0.1, 0.15) is 12.6 Å². The van der Waals surface area contributed by atoms with Crippen molar-refractivity contribution >= 4 is 23.4 Å². The van der Waals surface area contributed by atoms with Crippen molar-refractivity contribution in [2.75, 3.05) is 11.9 Å². The Morgan fingerprint density at radius 3 is 2.58 bits per heavy atom. The zero-order valence-electron chi connectivity index (χ0n) is 14.6. The minimum atomic E-state index is -0.300. The van der Waals surface area contributed by atoms with E-state index in [1.54, 1.807) is 30.3 Å². The lowest BCUT2D eigenvalue weighted by Gasteiger charge is -2.21. The van der Waals surface area contributed by atoms with E-state index >= 15 is 0 Å². The van der Waals surface area contributed by atoms with E-state index in [0.29, 0.717) is 11.6 Å². The number of rotatable bonds is 6. The molecule has 3 rings (SSSR count). The number of benzene rings is 2. The van der Waals surface area contributed by atoms with E-state index < -0.39 is 0 Å². The van der Waals surface area contributed by atoms with E-state index in [-0.39, 0.29) is 17.0 Å². The van der Waals surface area contributed by atoms with Gasteiger partial charge in [-0.15, -0.1) is 11.8 Å². The lowest BCUT2D eigenvalue weighted by Crippen LogP contribution is -2.33. The minimum absolute atomic E-state index is 0.0310. The monoisotopic (exact) mass is 370 g/mol. The molecule has 0 aliphatic heterocycles. The van der Waals surface area contributed by atoms with Crippen molar-refractivity contribution in [2.45, 2.75) is 17.9 Å². The van der Waals surface area contributed by atoms with Gasteiger partial charge in [-0.2, -0.15) is 0 Å². The molecular formula is C20H19FN2O2S. The molecule has 0 saturated heterocycles. The molecule has 0 bridgehead atoms. The number of anilines is 1. The van der Waals surface area contributed by atoms with E-state index in [1.807, 2.05) is 37.3 Å². The summed E-state index contributed by atoms with van der Waals surface area (Å²) in [5.74, 6) is 0.732. The Balaban J connectivity index is 1.58. The largest absolute Gasteiger partial charge is 0.444 e. The van der Waals surface area contributed by atoms with Gasteiger partial charge in [0.1, 0.15) is 12.1 Å². The summed E-state index contributed by atoms with van der Waals surface area (Å²) < 4.78 is 18.4. The van der Waals surface area contributed by atoms with Gasteiger partial charge < -0.3 is 9.32 Å². The number of carbonyl (C=O) groups excluding carboxylic acids is 1. The third-order valence-electron chi connectivity index (χ3n) is 3.95. The summed E-state index contributed by atoms with van der Waals surface area (Å²) in [5.41, 5.74) is 2.33. The molecule has 3 aromatic rings. The third kappa shape index (κ3) is 4.32. The highest BCUT2D eigenvalue weighted by Gasteiger charge is 2.19. The summed E-state index contributed by atoms with van der Waals surface area (Å²) in [6, 6.07) is 15.5. The summed E-state index contributed by atoms with van der Waals surface area (Å²) in [4.78, 5) is 18.6. The normalized spacial score (nSPS) is 12.0. The Morgan fingerprint density at radius 1 is 1.19 bits per heavy atom. The van der Waals surface area contributed by atoms with Crippen LogP contribution >= 0.6 is 11.8 Å². The van der Waals surface area contributed by atoms with Crippen molar-refractivity contribution < 1.29 is 13.6 Å². The molecular weight excluding hydrogens is 351 g/mol. The average molecular weight is 370 g/mol. The molecule has 1 amide bonds. The fourth-order valence-electron chi connectivity index (χ4n) is 2.43. The lowest BCUT2D eigenvalue weighted by atomic mass is 10.2. The van der Waals surface area contributed by atoms with E-state index in [1.165, 1.54) is 23.9 Å². The Morgan fingerprint density at radius 2 is 1.88 bits per heavy atom. The number of oxazole rings is 1. The van der Waals surface area contributed by atoms with Crippen molar-refractivity contribution in [1.82, 2.24) is 4.98 Å². The van der Waals surface area contributed by atoms with Gasteiger partial charge in [-0.05, 0) is 43.3 Å². The number of nitrogens with zero attached hydrogens (tertiary/aromatic N) is 2. The fraction of sp³-hybridized carbons (Fsp3) is 0.200. The maximum Gasteiger partial charge on any atom is 0.239 e. The summed E-state index contributed by atoms with van der Waals surface area (Å²) in [6.45, 7) is 1.88. The molecule has 1 aromatic heterocycles. The number of hydrogen-bond acceptors (Lipinski definition) is 4. The van der Waals surface area contributed by atoms with Crippen molar-refractivity contribution in [3.8, 4) is 11.5 Å². The molecule has 6 heteroatoms. The number of halogens is 1. The molecule has 0 saturated carbocycles. The van der Waals surface area contributed by atoms with Crippen LogP contribution in [0.3, 0.4) is 0 Å². The van der Waals surface area contributed by atoms with Crippen LogP contribution in [0.5, 0.6) is 0 Å². The van der Waals surface area contributed by atoms with E-state index in [4.69, 9.17) is 4.42 Å². The second kappa shape index (κ2) is 8.19. The smallest absolute Gasteiger partial charge is 0.239 e. The van der Waals surface area contributed by atoms with Crippen molar-refractivity contribution in [3.05, 3.63) is 72.4 Å². The zero-order valence-corrected chi connectivity index (χ0v) is 15.4. The fourth-order valence-corrected chi connectivity index (χ4v) is 3.29. The summed E-state index contributed by atoms with van der Waals surface area (Å²) in [6.07, 6.45) is 1.57. The van der Waals surface area contributed by atoms with Crippen LogP contribution in [0.2, 0.25) is 0 Å². The molecule has 134 valence electrons. The number of para-hydroxylation sites is 1. The average Bonchev–Trinajstić information content (AvgIpc) is 3.15. The molecule has 0 aliphatic rings.